The Bertz CT molecular complexity index is 2190. The molecule has 1 aliphatic heterocycles. The first-order valence-electron chi connectivity index (χ1n) is 15.2. The maximum atomic E-state index is 14.3. The van der Waals surface area contributed by atoms with Crippen molar-refractivity contribution >= 4 is 44.0 Å². The molecule has 4 aromatic heterocycles. The zero-order valence-electron chi connectivity index (χ0n) is 25.5. The number of fused-ring (bicyclic) bond motifs is 1. The number of anilines is 2. The molecule has 0 radical (unpaired) electrons. The zero-order chi connectivity index (χ0) is 31.8. The molecule has 7 rings (SSSR count). The van der Waals surface area contributed by atoms with Crippen LogP contribution in [0.5, 0.6) is 0 Å². The van der Waals surface area contributed by atoms with E-state index in [1.54, 1.807) is 48.2 Å². The van der Waals surface area contributed by atoms with E-state index in [4.69, 9.17) is 4.98 Å². The van der Waals surface area contributed by atoms with Crippen molar-refractivity contribution in [3.05, 3.63) is 112 Å². The lowest BCUT2D eigenvalue weighted by Gasteiger charge is -2.22. The molecule has 234 valence electrons. The minimum atomic E-state index is -3.92. The molecule has 46 heavy (non-hydrogen) atoms. The minimum absolute atomic E-state index is 0.176. The Labute approximate surface area is 270 Å². The SMILES string of the molecule is Cc1nn(S(=O)(=O)c2cccs2)c(C)c1-c1cc2cnc(Nc3ccc(CC4CCNCC4)cc3)nc2n(-c2ccccc2)c1=O. The van der Waals surface area contributed by atoms with E-state index in [2.05, 4.69) is 32.8 Å². The van der Waals surface area contributed by atoms with E-state index in [0.29, 0.717) is 51.1 Å². The van der Waals surface area contributed by atoms with E-state index in [9.17, 15) is 13.2 Å². The summed E-state index contributed by atoms with van der Waals surface area (Å²) in [5, 5.41) is 13.4. The van der Waals surface area contributed by atoms with Crippen molar-refractivity contribution in [2.24, 2.45) is 5.92 Å². The number of aromatic nitrogens is 5. The summed E-state index contributed by atoms with van der Waals surface area (Å²) in [5.74, 6) is 1.06. The summed E-state index contributed by atoms with van der Waals surface area (Å²) in [6.07, 6.45) is 5.14. The fourth-order valence-electron chi connectivity index (χ4n) is 6.16. The van der Waals surface area contributed by atoms with Gasteiger partial charge in [0.05, 0.1) is 22.6 Å². The third-order valence-corrected chi connectivity index (χ3v) is 11.5. The van der Waals surface area contributed by atoms with E-state index >= 15 is 0 Å². The van der Waals surface area contributed by atoms with Crippen LogP contribution < -0.4 is 16.2 Å². The number of nitrogens with one attached hydrogen (secondary N) is 2. The molecule has 10 nitrogen and oxygen atoms in total. The highest BCUT2D eigenvalue weighted by Crippen LogP contribution is 2.31. The van der Waals surface area contributed by atoms with Crippen LogP contribution in [0.2, 0.25) is 0 Å². The molecule has 1 saturated heterocycles. The molecule has 0 aliphatic carbocycles. The van der Waals surface area contributed by atoms with Gasteiger partial charge in [0.2, 0.25) is 5.95 Å². The van der Waals surface area contributed by atoms with Gasteiger partial charge in [-0.15, -0.1) is 11.3 Å². The van der Waals surface area contributed by atoms with Crippen LogP contribution in [0.4, 0.5) is 11.6 Å². The number of piperidine rings is 1. The number of hydrogen-bond acceptors (Lipinski definition) is 9. The van der Waals surface area contributed by atoms with Crippen LogP contribution in [0.3, 0.4) is 0 Å². The Morgan fingerprint density at radius 1 is 1.00 bits per heavy atom. The minimum Gasteiger partial charge on any atom is -0.324 e. The second-order valence-electron chi connectivity index (χ2n) is 11.6. The monoisotopic (exact) mass is 651 g/mol. The van der Waals surface area contributed by atoms with Gasteiger partial charge >= 0.3 is 0 Å². The van der Waals surface area contributed by atoms with E-state index in [0.717, 1.165) is 40.6 Å². The molecule has 0 unspecified atom stereocenters. The number of thiophene rings is 1. The van der Waals surface area contributed by atoms with Crippen LogP contribution >= 0.6 is 11.3 Å². The summed E-state index contributed by atoms with van der Waals surface area (Å²) in [5.41, 5.74) is 4.42. The number of aryl methyl sites for hydroxylation is 1. The Morgan fingerprint density at radius 3 is 2.48 bits per heavy atom. The van der Waals surface area contributed by atoms with Gasteiger partial charge in [0.1, 0.15) is 4.21 Å². The smallest absolute Gasteiger partial charge is 0.292 e. The highest BCUT2D eigenvalue weighted by Gasteiger charge is 2.27. The Morgan fingerprint density at radius 2 is 1.76 bits per heavy atom. The van der Waals surface area contributed by atoms with Gasteiger partial charge < -0.3 is 10.6 Å². The normalized spacial score (nSPS) is 14.1. The average molecular weight is 652 g/mol. The molecule has 1 aliphatic rings. The van der Waals surface area contributed by atoms with Gasteiger partial charge in [-0.05, 0) is 99.5 Å². The molecule has 6 aromatic rings. The number of nitrogens with zero attached hydrogens (tertiary/aromatic N) is 5. The lowest BCUT2D eigenvalue weighted by molar-refractivity contribution is 0.372. The van der Waals surface area contributed by atoms with E-state index < -0.39 is 10.0 Å². The molecule has 1 fully saturated rings. The maximum Gasteiger partial charge on any atom is 0.292 e. The molecule has 0 saturated carbocycles. The first-order chi connectivity index (χ1) is 22.3. The zero-order valence-corrected chi connectivity index (χ0v) is 27.1. The summed E-state index contributed by atoms with van der Waals surface area (Å²) in [4.78, 5) is 23.7. The summed E-state index contributed by atoms with van der Waals surface area (Å²) in [6.45, 7) is 5.54. The topological polar surface area (TPSA) is 124 Å². The summed E-state index contributed by atoms with van der Waals surface area (Å²) in [7, 11) is -3.92. The lowest BCUT2D eigenvalue weighted by atomic mass is 9.91. The predicted octanol–water partition coefficient (Wildman–Crippen LogP) is 5.85. The average Bonchev–Trinajstić information content (AvgIpc) is 3.72. The van der Waals surface area contributed by atoms with Crippen LogP contribution in [0, 0.1) is 19.8 Å². The number of pyridine rings is 1. The van der Waals surface area contributed by atoms with E-state index in [-0.39, 0.29) is 9.77 Å². The molecular formula is C34H33N7O3S2. The van der Waals surface area contributed by atoms with Crippen molar-refractivity contribution in [2.75, 3.05) is 18.4 Å². The Balaban J connectivity index is 1.28. The molecule has 2 aromatic carbocycles. The molecule has 2 N–H and O–H groups in total. The fourth-order valence-corrected chi connectivity index (χ4v) is 8.58. The number of benzene rings is 2. The van der Waals surface area contributed by atoms with Crippen LogP contribution in [-0.4, -0.2) is 45.2 Å². The van der Waals surface area contributed by atoms with Gasteiger partial charge in [-0.1, -0.05) is 36.4 Å². The summed E-state index contributed by atoms with van der Waals surface area (Å²) in [6, 6.07) is 22.6. The Hall–Kier alpha value is -4.65. The van der Waals surface area contributed by atoms with Gasteiger partial charge in [0.15, 0.2) is 5.65 Å². The van der Waals surface area contributed by atoms with E-state index in [1.807, 2.05) is 42.5 Å². The molecular weight excluding hydrogens is 619 g/mol. The number of para-hydroxylation sites is 1. The van der Waals surface area contributed by atoms with Gasteiger partial charge in [0.25, 0.3) is 15.6 Å². The third-order valence-electron chi connectivity index (χ3n) is 8.45. The van der Waals surface area contributed by atoms with Crippen LogP contribution in [0.1, 0.15) is 29.8 Å². The van der Waals surface area contributed by atoms with Gasteiger partial charge in [-0.25, -0.2) is 4.98 Å². The van der Waals surface area contributed by atoms with Crippen molar-refractivity contribution in [1.29, 1.82) is 0 Å². The van der Waals surface area contributed by atoms with Crippen molar-refractivity contribution in [3.8, 4) is 16.8 Å². The second-order valence-corrected chi connectivity index (χ2v) is 14.5. The summed E-state index contributed by atoms with van der Waals surface area (Å²) >= 11 is 1.12. The van der Waals surface area contributed by atoms with Crippen LogP contribution in [0.25, 0.3) is 27.8 Å². The number of hydrogen-bond donors (Lipinski definition) is 2. The highest BCUT2D eigenvalue weighted by atomic mass is 32.2. The second kappa shape index (κ2) is 12.3. The Kier molecular flexibility index (Phi) is 8.01. The largest absolute Gasteiger partial charge is 0.324 e. The fraction of sp³-hybridized carbons (Fsp3) is 0.235. The predicted molar refractivity (Wildman–Crippen MR) is 182 cm³/mol. The quantitative estimate of drug-likeness (QED) is 0.210. The first-order valence-corrected chi connectivity index (χ1v) is 17.5. The third kappa shape index (κ3) is 5.63. The molecule has 0 spiro atoms. The van der Waals surface area contributed by atoms with Crippen LogP contribution in [-0.2, 0) is 16.4 Å². The molecule has 0 amide bonds. The van der Waals surface area contributed by atoms with Crippen molar-refractivity contribution in [2.45, 2.75) is 37.3 Å². The lowest BCUT2D eigenvalue weighted by Crippen LogP contribution is -2.28. The standard InChI is InChI=1S/C34H33N7O3S2/c1-22-31(23(2)41(39-22)46(43,44)30-9-6-18-45-30)29-20-26-21-36-34(38-32(26)40(33(29)42)28-7-4-3-5-8-28)37-27-12-10-24(11-13-27)19-25-14-16-35-17-15-25/h3-13,18,20-21,25,35H,14-17,19H2,1-2H3,(H,36,37,38). The van der Waals surface area contributed by atoms with Crippen molar-refractivity contribution in [3.63, 3.8) is 0 Å². The summed E-state index contributed by atoms with van der Waals surface area (Å²) < 4.78 is 29.5. The van der Waals surface area contributed by atoms with E-state index in [1.165, 1.54) is 18.4 Å². The van der Waals surface area contributed by atoms with Crippen molar-refractivity contribution < 1.29 is 8.42 Å². The van der Waals surface area contributed by atoms with Gasteiger partial charge in [0, 0.05) is 22.8 Å². The van der Waals surface area contributed by atoms with Gasteiger partial charge in [-0.3, -0.25) is 9.36 Å². The molecule has 0 bridgehead atoms. The van der Waals surface area contributed by atoms with Gasteiger partial charge in [-0.2, -0.15) is 22.6 Å². The first kappa shape index (κ1) is 30.0. The molecule has 12 heteroatoms. The number of rotatable bonds is 8. The van der Waals surface area contributed by atoms with Crippen molar-refractivity contribution in [1.82, 2.24) is 29.0 Å². The highest BCUT2D eigenvalue weighted by molar-refractivity contribution is 7.91. The van der Waals surface area contributed by atoms with Crippen LogP contribution in [0.15, 0.2) is 93.4 Å². The molecule has 0 atom stereocenters. The maximum absolute atomic E-state index is 14.3. The molecule has 5 heterocycles.